The van der Waals surface area contributed by atoms with Crippen LogP contribution in [0.5, 0.6) is 5.75 Å². The molecule has 0 aliphatic rings. The van der Waals surface area contributed by atoms with E-state index in [1.54, 1.807) is 26.0 Å². The Morgan fingerprint density at radius 1 is 1.35 bits per heavy atom. The van der Waals surface area contributed by atoms with E-state index in [0.29, 0.717) is 17.5 Å². The Kier molecular flexibility index (Phi) is 3.39. The van der Waals surface area contributed by atoms with Gasteiger partial charge in [0.1, 0.15) is 5.75 Å². The quantitative estimate of drug-likeness (QED) is 0.876. The molecule has 5 heteroatoms. The third-order valence-corrected chi connectivity index (χ3v) is 2.29. The van der Waals surface area contributed by atoms with Gasteiger partial charge in [0.25, 0.3) is 5.89 Å². The van der Waals surface area contributed by atoms with Crippen molar-refractivity contribution in [1.29, 1.82) is 0 Å². The lowest BCUT2D eigenvalue weighted by molar-refractivity contribution is 0.199. The van der Waals surface area contributed by atoms with Crippen LogP contribution in [0.25, 0.3) is 0 Å². The third-order valence-electron chi connectivity index (χ3n) is 2.29. The van der Waals surface area contributed by atoms with Gasteiger partial charge >= 0.3 is 0 Å². The van der Waals surface area contributed by atoms with Gasteiger partial charge in [-0.3, -0.25) is 0 Å². The number of nitrogens with zero attached hydrogens (tertiary/aromatic N) is 2. The first-order chi connectivity index (χ1) is 8.15. The van der Waals surface area contributed by atoms with E-state index in [2.05, 4.69) is 10.1 Å². The van der Waals surface area contributed by atoms with Crippen LogP contribution in [-0.4, -0.2) is 15.2 Å². The summed E-state index contributed by atoms with van der Waals surface area (Å²) in [5.74, 6) is 1.74. The van der Waals surface area contributed by atoms with Gasteiger partial charge < -0.3 is 14.4 Å². The maximum atomic E-state index is 9.35. The summed E-state index contributed by atoms with van der Waals surface area (Å²) < 4.78 is 10.4. The number of aliphatic hydroxyl groups excluding tert-OH is 1. The molecule has 0 unspecified atom stereocenters. The van der Waals surface area contributed by atoms with Gasteiger partial charge in [-0.15, -0.1) is 0 Å². The molecule has 1 N–H and O–H groups in total. The smallest absolute Gasteiger partial charge is 0.264 e. The molecule has 0 saturated carbocycles. The fraction of sp³-hybridized carbons (Fsp3) is 0.333. The van der Waals surface area contributed by atoms with Crippen molar-refractivity contribution in [2.45, 2.75) is 26.6 Å². The van der Waals surface area contributed by atoms with E-state index >= 15 is 0 Å². The maximum absolute atomic E-state index is 9.35. The Hall–Kier alpha value is -1.88. The minimum Gasteiger partial charge on any atom is -0.484 e. The zero-order valence-electron chi connectivity index (χ0n) is 9.75. The lowest BCUT2D eigenvalue weighted by Crippen LogP contribution is -1.96. The van der Waals surface area contributed by atoms with E-state index in [0.717, 1.165) is 5.56 Å². The third kappa shape index (κ3) is 3.04. The van der Waals surface area contributed by atoms with Crippen LogP contribution in [-0.2, 0) is 6.61 Å². The second kappa shape index (κ2) is 4.97. The van der Waals surface area contributed by atoms with Gasteiger partial charge in [0.15, 0.2) is 12.4 Å². The van der Waals surface area contributed by atoms with Gasteiger partial charge in [0, 0.05) is 0 Å². The number of ether oxygens (including phenoxy) is 1. The largest absolute Gasteiger partial charge is 0.484 e. The number of aromatic nitrogens is 2. The Morgan fingerprint density at radius 2 is 2.06 bits per heavy atom. The van der Waals surface area contributed by atoms with E-state index < -0.39 is 6.10 Å². The molecule has 2 rings (SSSR count). The second-order valence-corrected chi connectivity index (χ2v) is 3.77. The maximum Gasteiger partial charge on any atom is 0.264 e. The number of benzene rings is 1. The van der Waals surface area contributed by atoms with Gasteiger partial charge in [0.2, 0.25) is 0 Å². The molecule has 0 fully saturated rings. The minimum atomic E-state index is -0.470. The van der Waals surface area contributed by atoms with Crippen molar-refractivity contribution in [2.24, 2.45) is 0 Å². The molecule has 1 aromatic heterocycles. The number of aryl methyl sites for hydroxylation is 1. The van der Waals surface area contributed by atoms with Crippen LogP contribution in [0.15, 0.2) is 28.8 Å². The van der Waals surface area contributed by atoms with Crippen molar-refractivity contribution in [2.75, 3.05) is 0 Å². The molecule has 0 radical (unpaired) electrons. The van der Waals surface area contributed by atoms with Crippen LogP contribution < -0.4 is 4.74 Å². The van der Waals surface area contributed by atoms with Gasteiger partial charge in [-0.05, 0) is 31.5 Å². The number of hydrogen-bond acceptors (Lipinski definition) is 5. The lowest BCUT2D eigenvalue weighted by atomic mass is 10.1. The average Bonchev–Trinajstić information content (AvgIpc) is 2.73. The molecule has 17 heavy (non-hydrogen) atoms. The highest BCUT2D eigenvalue weighted by atomic mass is 16.5. The van der Waals surface area contributed by atoms with Gasteiger partial charge in [0.05, 0.1) is 6.10 Å². The summed E-state index contributed by atoms with van der Waals surface area (Å²) in [6, 6.07) is 7.23. The zero-order chi connectivity index (χ0) is 12.3. The molecule has 0 aliphatic carbocycles. The van der Waals surface area contributed by atoms with Crippen LogP contribution in [0.4, 0.5) is 0 Å². The summed E-state index contributed by atoms with van der Waals surface area (Å²) in [4.78, 5) is 4.03. The SMILES string of the molecule is Cc1noc(COc2ccc([C@H](C)O)cc2)n1. The zero-order valence-corrected chi connectivity index (χ0v) is 9.75. The summed E-state index contributed by atoms with van der Waals surface area (Å²) in [5, 5.41) is 13.0. The Labute approximate surface area is 99.0 Å². The van der Waals surface area contributed by atoms with E-state index in [-0.39, 0.29) is 6.61 Å². The molecule has 1 aromatic carbocycles. The van der Waals surface area contributed by atoms with Gasteiger partial charge in [-0.2, -0.15) is 4.98 Å². The lowest BCUT2D eigenvalue weighted by Gasteiger charge is -2.06. The molecule has 0 bridgehead atoms. The monoisotopic (exact) mass is 234 g/mol. The Balaban J connectivity index is 1.95. The minimum absolute atomic E-state index is 0.245. The first-order valence-electron chi connectivity index (χ1n) is 5.35. The second-order valence-electron chi connectivity index (χ2n) is 3.77. The van der Waals surface area contributed by atoms with Crippen LogP contribution in [0.3, 0.4) is 0 Å². The predicted octanol–water partition coefficient (Wildman–Crippen LogP) is 2.01. The van der Waals surface area contributed by atoms with E-state index in [1.165, 1.54) is 0 Å². The van der Waals surface area contributed by atoms with Crippen molar-refractivity contribution in [3.05, 3.63) is 41.5 Å². The van der Waals surface area contributed by atoms with Crippen LogP contribution in [0.2, 0.25) is 0 Å². The van der Waals surface area contributed by atoms with Crippen molar-refractivity contribution >= 4 is 0 Å². The fourth-order valence-electron chi connectivity index (χ4n) is 1.39. The molecule has 90 valence electrons. The normalized spacial score (nSPS) is 12.4. The molecule has 0 aliphatic heterocycles. The summed E-state index contributed by atoms with van der Waals surface area (Å²) >= 11 is 0. The number of hydrogen-bond donors (Lipinski definition) is 1. The Bertz CT molecular complexity index is 477. The molecular weight excluding hydrogens is 220 g/mol. The highest BCUT2D eigenvalue weighted by Gasteiger charge is 2.04. The summed E-state index contributed by atoms with van der Waals surface area (Å²) in [7, 11) is 0. The van der Waals surface area contributed by atoms with Crippen LogP contribution in [0, 0.1) is 6.92 Å². The van der Waals surface area contributed by atoms with Crippen LogP contribution >= 0.6 is 0 Å². The number of rotatable bonds is 4. The average molecular weight is 234 g/mol. The van der Waals surface area contributed by atoms with Crippen molar-refractivity contribution in [3.8, 4) is 5.75 Å². The summed E-state index contributed by atoms with van der Waals surface area (Å²) in [6.45, 7) is 3.72. The molecule has 1 atom stereocenters. The first-order valence-corrected chi connectivity index (χ1v) is 5.35. The van der Waals surface area contributed by atoms with Crippen molar-refractivity contribution in [3.63, 3.8) is 0 Å². The van der Waals surface area contributed by atoms with Crippen molar-refractivity contribution < 1.29 is 14.4 Å². The van der Waals surface area contributed by atoms with Gasteiger partial charge in [-0.25, -0.2) is 0 Å². The molecule has 5 nitrogen and oxygen atoms in total. The molecule has 0 amide bonds. The summed E-state index contributed by atoms with van der Waals surface area (Å²) in [6.07, 6.45) is -0.470. The van der Waals surface area contributed by atoms with E-state index in [1.807, 2.05) is 12.1 Å². The predicted molar refractivity (Wildman–Crippen MR) is 60.4 cm³/mol. The molecule has 1 heterocycles. The van der Waals surface area contributed by atoms with Gasteiger partial charge in [-0.1, -0.05) is 17.3 Å². The van der Waals surface area contributed by atoms with Crippen molar-refractivity contribution in [1.82, 2.24) is 10.1 Å². The van der Waals surface area contributed by atoms with E-state index in [4.69, 9.17) is 9.26 Å². The van der Waals surface area contributed by atoms with E-state index in [9.17, 15) is 5.11 Å². The first kappa shape index (κ1) is 11.6. The fourth-order valence-corrected chi connectivity index (χ4v) is 1.39. The highest BCUT2D eigenvalue weighted by Crippen LogP contribution is 2.17. The highest BCUT2D eigenvalue weighted by molar-refractivity contribution is 5.28. The Morgan fingerprint density at radius 3 is 2.59 bits per heavy atom. The summed E-state index contributed by atoms with van der Waals surface area (Å²) in [5.41, 5.74) is 0.853. The molecule has 0 spiro atoms. The molecule has 0 saturated heterocycles. The molecule has 2 aromatic rings. The standard InChI is InChI=1S/C12H14N2O3/c1-8(15)10-3-5-11(6-4-10)16-7-12-13-9(2)14-17-12/h3-6,8,15H,7H2,1-2H3/t8-/m0/s1. The topological polar surface area (TPSA) is 68.4 Å². The number of aliphatic hydroxyl groups is 1. The molecular formula is C12H14N2O3. The van der Waals surface area contributed by atoms with Crippen LogP contribution in [0.1, 0.15) is 30.3 Å².